The number of thioether (sulfide) groups is 1. The van der Waals surface area contributed by atoms with Crippen LogP contribution in [0.3, 0.4) is 0 Å². The van der Waals surface area contributed by atoms with Gasteiger partial charge in [0.1, 0.15) is 5.82 Å². The van der Waals surface area contributed by atoms with Gasteiger partial charge >= 0.3 is 0 Å². The second kappa shape index (κ2) is 6.69. The molecule has 84 valence electrons. The van der Waals surface area contributed by atoms with Gasteiger partial charge in [-0.05, 0) is 36.8 Å². The highest BCUT2D eigenvalue weighted by molar-refractivity contribution is 7.99. The third kappa shape index (κ3) is 4.53. The normalized spacial score (nSPS) is 10.5. The van der Waals surface area contributed by atoms with Crippen molar-refractivity contribution >= 4 is 17.4 Å². The zero-order valence-electron chi connectivity index (χ0n) is 8.58. The Labute approximate surface area is 93.7 Å². The van der Waals surface area contributed by atoms with E-state index in [0.717, 1.165) is 29.9 Å². The molecule has 0 radical (unpaired) electrons. The monoisotopic (exact) mass is 229 g/mol. The number of halogens is 1. The van der Waals surface area contributed by atoms with E-state index in [9.17, 15) is 4.39 Å². The van der Waals surface area contributed by atoms with Crippen LogP contribution in [0.15, 0.2) is 23.1 Å². The van der Waals surface area contributed by atoms with E-state index in [1.165, 1.54) is 12.1 Å². The molecule has 0 bridgehead atoms. The maximum atomic E-state index is 12.7. The number of benzene rings is 1. The zero-order valence-corrected chi connectivity index (χ0v) is 9.39. The van der Waals surface area contributed by atoms with E-state index in [4.69, 9.17) is 10.8 Å². The highest BCUT2D eigenvalue weighted by Gasteiger charge is 2.00. The molecule has 0 saturated carbocycles. The van der Waals surface area contributed by atoms with Gasteiger partial charge in [0.2, 0.25) is 0 Å². The fourth-order valence-corrected chi connectivity index (χ4v) is 2.18. The predicted octanol–water partition coefficient (Wildman–Crippen LogP) is 2.66. The minimum Gasteiger partial charge on any atom is -0.398 e. The van der Waals surface area contributed by atoms with E-state index >= 15 is 0 Å². The highest BCUT2D eigenvalue weighted by Crippen LogP contribution is 2.26. The second-order valence-corrected chi connectivity index (χ2v) is 4.45. The summed E-state index contributed by atoms with van der Waals surface area (Å²) in [5, 5.41) is 8.59. The number of nitrogen functional groups attached to an aromatic ring is 1. The fourth-order valence-electron chi connectivity index (χ4n) is 1.22. The highest BCUT2D eigenvalue weighted by atomic mass is 32.2. The molecule has 0 amide bonds. The summed E-state index contributed by atoms with van der Waals surface area (Å²) in [6.45, 7) is 0.253. The number of rotatable bonds is 6. The maximum absolute atomic E-state index is 12.7. The summed E-state index contributed by atoms with van der Waals surface area (Å²) in [5.74, 6) is 0.660. The van der Waals surface area contributed by atoms with Crippen molar-refractivity contribution in [1.29, 1.82) is 0 Å². The molecule has 15 heavy (non-hydrogen) atoms. The Morgan fingerprint density at radius 1 is 1.27 bits per heavy atom. The summed E-state index contributed by atoms with van der Waals surface area (Å²) in [5.41, 5.74) is 6.16. The molecule has 0 fully saturated rings. The molecule has 3 N–H and O–H groups in total. The summed E-state index contributed by atoms with van der Waals surface area (Å²) < 4.78 is 12.7. The quantitative estimate of drug-likeness (QED) is 0.448. The first kappa shape index (κ1) is 12.3. The van der Waals surface area contributed by atoms with E-state index in [0.29, 0.717) is 5.69 Å². The first-order valence-corrected chi connectivity index (χ1v) is 6.01. The van der Waals surface area contributed by atoms with Crippen LogP contribution in [0.4, 0.5) is 10.1 Å². The number of anilines is 1. The number of hydrogen-bond donors (Lipinski definition) is 2. The molecular weight excluding hydrogens is 213 g/mol. The Kier molecular flexibility index (Phi) is 5.50. The van der Waals surface area contributed by atoms with Crippen LogP contribution in [-0.2, 0) is 0 Å². The number of aliphatic hydroxyl groups excluding tert-OH is 1. The minimum atomic E-state index is -0.294. The van der Waals surface area contributed by atoms with Crippen LogP contribution < -0.4 is 5.73 Å². The Morgan fingerprint density at radius 2 is 2.07 bits per heavy atom. The average Bonchev–Trinajstić information content (AvgIpc) is 2.20. The molecule has 0 aromatic heterocycles. The van der Waals surface area contributed by atoms with Crippen LogP contribution in [0.1, 0.15) is 19.3 Å². The van der Waals surface area contributed by atoms with Crippen LogP contribution in [0.2, 0.25) is 0 Å². The largest absolute Gasteiger partial charge is 0.398 e. The standard InChI is InChI=1S/C11H16FNOS/c12-9-4-5-11(10(13)8-9)15-7-3-1-2-6-14/h4-5,8,14H,1-3,6-7,13H2. The SMILES string of the molecule is Nc1cc(F)ccc1SCCCCCO. The lowest BCUT2D eigenvalue weighted by molar-refractivity contribution is 0.284. The van der Waals surface area contributed by atoms with Crippen molar-refractivity contribution in [1.82, 2.24) is 0 Å². The van der Waals surface area contributed by atoms with Crippen LogP contribution in [0.25, 0.3) is 0 Å². The summed E-state index contributed by atoms with van der Waals surface area (Å²) in [6, 6.07) is 4.48. The van der Waals surface area contributed by atoms with E-state index in [1.807, 2.05) is 0 Å². The summed E-state index contributed by atoms with van der Waals surface area (Å²) in [7, 11) is 0. The Hall–Kier alpha value is -0.740. The Balaban J connectivity index is 2.31. The van der Waals surface area contributed by atoms with Crippen molar-refractivity contribution in [2.45, 2.75) is 24.2 Å². The molecule has 0 spiro atoms. The summed E-state index contributed by atoms with van der Waals surface area (Å²) >= 11 is 1.63. The van der Waals surface area contributed by atoms with Crippen molar-refractivity contribution < 1.29 is 9.50 Å². The lowest BCUT2D eigenvalue weighted by Crippen LogP contribution is -1.91. The van der Waals surface area contributed by atoms with Crippen molar-refractivity contribution in [3.63, 3.8) is 0 Å². The van der Waals surface area contributed by atoms with Gasteiger partial charge in [0.15, 0.2) is 0 Å². The van der Waals surface area contributed by atoms with Gasteiger partial charge < -0.3 is 10.8 Å². The van der Waals surface area contributed by atoms with Gasteiger partial charge in [-0.1, -0.05) is 6.42 Å². The van der Waals surface area contributed by atoms with Gasteiger partial charge in [-0.2, -0.15) is 0 Å². The first-order valence-electron chi connectivity index (χ1n) is 5.02. The third-order valence-electron chi connectivity index (χ3n) is 2.03. The van der Waals surface area contributed by atoms with E-state index < -0.39 is 0 Å². The van der Waals surface area contributed by atoms with E-state index in [2.05, 4.69) is 0 Å². The Bertz CT molecular complexity index is 307. The zero-order chi connectivity index (χ0) is 11.1. The number of aliphatic hydroxyl groups is 1. The van der Waals surface area contributed by atoms with Crippen molar-refractivity contribution in [2.24, 2.45) is 0 Å². The molecule has 1 aromatic rings. The molecule has 0 aliphatic rings. The van der Waals surface area contributed by atoms with Crippen molar-refractivity contribution in [3.8, 4) is 0 Å². The van der Waals surface area contributed by atoms with Crippen LogP contribution in [0, 0.1) is 5.82 Å². The number of hydrogen-bond acceptors (Lipinski definition) is 3. The lowest BCUT2D eigenvalue weighted by Gasteiger charge is -2.04. The van der Waals surface area contributed by atoms with E-state index in [1.54, 1.807) is 17.8 Å². The fraction of sp³-hybridized carbons (Fsp3) is 0.455. The third-order valence-corrected chi connectivity index (χ3v) is 3.21. The maximum Gasteiger partial charge on any atom is 0.125 e. The molecule has 0 aliphatic heterocycles. The molecule has 0 saturated heterocycles. The topological polar surface area (TPSA) is 46.2 Å². The van der Waals surface area contributed by atoms with Gasteiger partial charge in [0, 0.05) is 17.2 Å². The number of unbranched alkanes of at least 4 members (excludes halogenated alkanes) is 2. The number of nitrogens with two attached hydrogens (primary N) is 1. The van der Waals surface area contributed by atoms with Gasteiger partial charge in [0.05, 0.1) is 0 Å². The minimum absolute atomic E-state index is 0.253. The lowest BCUT2D eigenvalue weighted by atomic mass is 10.3. The molecular formula is C11H16FNOS. The molecule has 2 nitrogen and oxygen atoms in total. The molecule has 0 unspecified atom stereocenters. The van der Waals surface area contributed by atoms with Gasteiger partial charge in [-0.15, -0.1) is 11.8 Å². The predicted molar refractivity (Wildman–Crippen MR) is 62.5 cm³/mol. The van der Waals surface area contributed by atoms with Crippen LogP contribution in [0.5, 0.6) is 0 Å². The molecule has 0 atom stereocenters. The average molecular weight is 229 g/mol. The molecule has 1 aromatic carbocycles. The van der Waals surface area contributed by atoms with Gasteiger partial charge in [-0.25, -0.2) is 4.39 Å². The first-order chi connectivity index (χ1) is 7.24. The van der Waals surface area contributed by atoms with E-state index in [-0.39, 0.29) is 12.4 Å². The molecule has 0 heterocycles. The summed E-state index contributed by atoms with van der Waals surface area (Å²) in [6.07, 6.45) is 2.91. The summed E-state index contributed by atoms with van der Waals surface area (Å²) in [4.78, 5) is 0.931. The van der Waals surface area contributed by atoms with Crippen LogP contribution >= 0.6 is 11.8 Å². The van der Waals surface area contributed by atoms with Gasteiger partial charge in [0.25, 0.3) is 0 Å². The van der Waals surface area contributed by atoms with Crippen LogP contribution in [-0.4, -0.2) is 17.5 Å². The smallest absolute Gasteiger partial charge is 0.125 e. The van der Waals surface area contributed by atoms with Crippen molar-refractivity contribution in [3.05, 3.63) is 24.0 Å². The molecule has 1 rings (SSSR count). The van der Waals surface area contributed by atoms with Crippen molar-refractivity contribution in [2.75, 3.05) is 18.1 Å². The van der Waals surface area contributed by atoms with Gasteiger partial charge in [-0.3, -0.25) is 0 Å². The molecule has 0 aliphatic carbocycles. The Morgan fingerprint density at radius 3 is 2.73 bits per heavy atom. The second-order valence-electron chi connectivity index (χ2n) is 3.31. The molecule has 4 heteroatoms.